The molecule has 0 bridgehead atoms. The van der Waals surface area contributed by atoms with Gasteiger partial charge in [0.25, 0.3) is 30.4 Å². The molecule has 24 heteroatoms. The lowest BCUT2D eigenvalue weighted by Gasteiger charge is -2.14. The zero-order valence-electron chi connectivity index (χ0n) is 28.9. The number of hydrogen-bond acceptors (Lipinski definition) is 17. The summed E-state index contributed by atoms with van der Waals surface area (Å²) in [6.45, 7) is 0. The third-order valence-corrected chi connectivity index (χ3v) is 10.8. The average Bonchev–Trinajstić information content (AvgIpc) is 3.14. The van der Waals surface area contributed by atoms with Crippen molar-refractivity contribution in [3.63, 3.8) is 0 Å². The van der Waals surface area contributed by atoms with Crippen molar-refractivity contribution in [1.82, 2.24) is 0 Å². The quantitative estimate of drug-likeness (QED) is 0.0343. The highest BCUT2D eigenvalue weighted by atomic mass is 35.5. The van der Waals surface area contributed by atoms with E-state index in [0.29, 0.717) is 28.2 Å². The molecule has 0 saturated heterocycles. The van der Waals surface area contributed by atoms with Crippen LogP contribution in [0.5, 0.6) is 11.5 Å². The van der Waals surface area contributed by atoms with Gasteiger partial charge in [-0.25, -0.2) is 0 Å². The molecule has 58 heavy (non-hydrogen) atoms. The van der Waals surface area contributed by atoms with Crippen LogP contribution in [-0.2, 0) is 30.4 Å². The summed E-state index contributed by atoms with van der Waals surface area (Å²) >= 11 is 5.87. The second-order valence-electron chi connectivity index (χ2n) is 11.9. The standard InChI is InChI=1S/C34H26ClN9O11S3/c35-18-1-3-20(4-2-18)40-44-33-29(58(53,54)55)14-17-13-28(57(50,51)52)32(31(37)30(17)34(33)46)43-41-22-9-11-26(27(15-22)56(47,48)49)38-19-5-7-21(8-6-19)39-42-25-12-10-23(45)16-24(25)36/h1-16,38,45-46H,36-37H2,(H,47,48,49)(H,50,51,52)(H,53,54,55). The fraction of sp³-hybridized carbons (Fsp3) is 0. The number of nitrogens with zero attached hydrogens (tertiary/aromatic N) is 6. The Labute approximate surface area is 333 Å². The number of azo groups is 3. The maximum atomic E-state index is 12.5. The maximum absolute atomic E-state index is 12.5. The molecule has 6 rings (SSSR count). The van der Waals surface area contributed by atoms with Gasteiger partial charge in [0.2, 0.25) is 0 Å². The minimum absolute atomic E-state index is 0.0409. The van der Waals surface area contributed by atoms with Gasteiger partial charge in [-0.15, -0.1) is 15.3 Å². The van der Waals surface area contributed by atoms with E-state index in [1.165, 1.54) is 78.9 Å². The molecule has 0 aliphatic rings. The lowest BCUT2D eigenvalue weighted by molar-refractivity contribution is 0.472. The van der Waals surface area contributed by atoms with Crippen LogP contribution in [0, 0.1) is 0 Å². The SMILES string of the molecule is Nc1cc(O)ccc1N=Nc1ccc(Nc2ccc(N=Nc3c(S(=O)(=O)O)cc4cc(S(=O)(=O)O)c(N=Nc5ccc(Cl)cc5)c(O)c4c3N)cc2S(=O)(=O)O)cc1. The minimum atomic E-state index is -5.22. The average molecular weight is 868 g/mol. The lowest BCUT2D eigenvalue weighted by Crippen LogP contribution is -2.04. The number of rotatable bonds is 11. The smallest absolute Gasteiger partial charge is 0.296 e. The van der Waals surface area contributed by atoms with E-state index in [1.54, 1.807) is 0 Å². The van der Waals surface area contributed by atoms with Crippen LogP contribution in [0.15, 0.2) is 142 Å². The number of aromatic hydroxyl groups is 2. The van der Waals surface area contributed by atoms with E-state index in [0.717, 1.165) is 12.1 Å². The molecule has 0 amide bonds. The first kappa shape index (κ1) is 41.0. The van der Waals surface area contributed by atoms with Gasteiger partial charge in [0.1, 0.15) is 37.5 Å². The topological polar surface area (TPSA) is 342 Å². The number of fused-ring (bicyclic) bond motifs is 1. The third kappa shape index (κ3) is 9.16. The first-order chi connectivity index (χ1) is 27.2. The predicted molar refractivity (Wildman–Crippen MR) is 212 cm³/mol. The highest BCUT2D eigenvalue weighted by Gasteiger charge is 2.28. The fourth-order valence-electron chi connectivity index (χ4n) is 5.23. The molecule has 10 N–H and O–H groups in total. The summed E-state index contributed by atoms with van der Waals surface area (Å²) in [4.78, 5) is -2.72. The van der Waals surface area contributed by atoms with Gasteiger partial charge in [0, 0.05) is 16.8 Å². The van der Waals surface area contributed by atoms with Crippen molar-refractivity contribution in [3.8, 4) is 11.5 Å². The van der Waals surface area contributed by atoms with E-state index in [1.807, 2.05) is 0 Å². The molecule has 20 nitrogen and oxygen atoms in total. The van der Waals surface area contributed by atoms with Gasteiger partial charge in [-0.2, -0.15) is 40.6 Å². The number of nitrogens with one attached hydrogen (secondary N) is 1. The van der Waals surface area contributed by atoms with Crippen molar-refractivity contribution in [3.05, 3.63) is 102 Å². The second kappa shape index (κ2) is 15.7. The number of anilines is 4. The van der Waals surface area contributed by atoms with Crippen molar-refractivity contribution < 1.29 is 49.1 Å². The second-order valence-corrected chi connectivity index (χ2v) is 16.5. The summed E-state index contributed by atoms with van der Waals surface area (Å²) < 4.78 is 105. The number of nitrogens with two attached hydrogens (primary N) is 2. The van der Waals surface area contributed by atoms with Crippen molar-refractivity contribution in [2.24, 2.45) is 30.7 Å². The zero-order chi connectivity index (χ0) is 42.2. The van der Waals surface area contributed by atoms with Gasteiger partial charge < -0.3 is 27.0 Å². The van der Waals surface area contributed by atoms with E-state index in [4.69, 9.17) is 23.1 Å². The van der Waals surface area contributed by atoms with Crippen LogP contribution in [0.3, 0.4) is 0 Å². The number of nitrogen functional groups attached to an aromatic ring is 2. The van der Waals surface area contributed by atoms with Crippen LogP contribution in [0.2, 0.25) is 5.02 Å². The Morgan fingerprint density at radius 3 is 1.66 bits per heavy atom. The summed E-state index contributed by atoms with van der Waals surface area (Å²) in [5, 5.41) is 46.5. The molecule has 6 aromatic rings. The molecule has 0 atom stereocenters. The Morgan fingerprint density at radius 1 is 0.552 bits per heavy atom. The van der Waals surface area contributed by atoms with E-state index < -0.39 is 78.6 Å². The van der Waals surface area contributed by atoms with Gasteiger partial charge >= 0.3 is 0 Å². The van der Waals surface area contributed by atoms with Crippen molar-refractivity contribution in [2.75, 3.05) is 16.8 Å². The first-order valence-corrected chi connectivity index (χ1v) is 20.5. The van der Waals surface area contributed by atoms with E-state index in [2.05, 4.69) is 36.0 Å². The van der Waals surface area contributed by atoms with Crippen LogP contribution in [0.1, 0.15) is 0 Å². The normalized spacial score (nSPS) is 12.6. The summed E-state index contributed by atoms with van der Waals surface area (Å²) in [5.41, 5.74) is 10.8. The van der Waals surface area contributed by atoms with Crippen LogP contribution in [-0.4, -0.2) is 49.1 Å². The predicted octanol–water partition coefficient (Wildman–Crippen LogP) is 8.80. The maximum Gasteiger partial charge on any atom is 0.296 e. The van der Waals surface area contributed by atoms with Gasteiger partial charge in [0.15, 0.2) is 5.75 Å². The Bertz CT molecular complexity index is 3060. The van der Waals surface area contributed by atoms with E-state index >= 15 is 0 Å². The highest BCUT2D eigenvalue weighted by molar-refractivity contribution is 7.86. The highest BCUT2D eigenvalue weighted by Crippen LogP contribution is 2.48. The Morgan fingerprint density at radius 2 is 1.07 bits per heavy atom. The van der Waals surface area contributed by atoms with E-state index in [-0.39, 0.29) is 28.5 Å². The monoisotopic (exact) mass is 867 g/mol. The summed E-state index contributed by atoms with van der Waals surface area (Å²) in [5.74, 6) is -1.04. The number of phenols is 2. The van der Waals surface area contributed by atoms with Crippen LogP contribution < -0.4 is 16.8 Å². The number of phenolic OH excluding ortho intramolecular Hbond substituents is 2. The molecule has 0 radical (unpaired) electrons. The van der Waals surface area contributed by atoms with Crippen LogP contribution >= 0.6 is 11.6 Å². The van der Waals surface area contributed by atoms with E-state index in [9.17, 15) is 49.1 Å². The summed E-state index contributed by atoms with van der Waals surface area (Å²) in [6.07, 6.45) is 0. The molecule has 0 fully saturated rings. The van der Waals surface area contributed by atoms with Gasteiger partial charge in [-0.3, -0.25) is 13.7 Å². The molecule has 6 aromatic carbocycles. The van der Waals surface area contributed by atoms with Crippen molar-refractivity contribution >= 4 is 110 Å². The van der Waals surface area contributed by atoms with Crippen molar-refractivity contribution in [2.45, 2.75) is 14.7 Å². The molecular weight excluding hydrogens is 842 g/mol. The molecule has 0 heterocycles. The first-order valence-electron chi connectivity index (χ1n) is 15.8. The Hall–Kier alpha value is -6.60. The minimum Gasteiger partial charge on any atom is -0.508 e. The zero-order valence-corrected chi connectivity index (χ0v) is 32.1. The van der Waals surface area contributed by atoms with Crippen LogP contribution in [0.25, 0.3) is 10.8 Å². The molecular formula is C34H26ClN9O11S3. The van der Waals surface area contributed by atoms with Gasteiger partial charge in [0.05, 0.1) is 39.5 Å². The molecule has 298 valence electrons. The molecule has 0 aliphatic heterocycles. The number of halogens is 1. The molecule has 0 spiro atoms. The van der Waals surface area contributed by atoms with Gasteiger partial charge in [-0.05, 0) is 96.4 Å². The van der Waals surface area contributed by atoms with Gasteiger partial charge in [-0.1, -0.05) is 11.6 Å². The number of benzene rings is 6. The Balaban J connectivity index is 1.37. The molecule has 0 aliphatic carbocycles. The molecule has 0 saturated carbocycles. The largest absolute Gasteiger partial charge is 0.508 e. The summed E-state index contributed by atoms with van der Waals surface area (Å²) in [7, 11) is -15.3. The lowest BCUT2D eigenvalue weighted by atomic mass is 10.1. The molecule has 0 aromatic heterocycles. The molecule has 0 unspecified atom stereocenters. The van der Waals surface area contributed by atoms with Crippen LogP contribution in [0.4, 0.5) is 56.9 Å². The third-order valence-electron chi connectivity index (χ3n) is 7.90. The summed E-state index contributed by atoms with van der Waals surface area (Å²) in [6, 6.07) is 20.7. The van der Waals surface area contributed by atoms with Crippen molar-refractivity contribution in [1.29, 1.82) is 0 Å². The number of hydrogen-bond donors (Lipinski definition) is 8. The fourth-order valence-corrected chi connectivity index (χ4v) is 7.35. The Kier molecular flexibility index (Phi) is 11.1.